The quantitative estimate of drug-likeness (QED) is 0.685. The van der Waals surface area contributed by atoms with Gasteiger partial charge in [-0.15, -0.1) is 11.8 Å². The van der Waals surface area contributed by atoms with E-state index in [2.05, 4.69) is 36.6 Å². The van der Waals surface area contributed by atoms with Crippen molar-refractivity contribution < 1.29 is 0 Å². The summed E-state index contributed by atoms with van der Waals surface area (Å²) in [4.78, 5) is 1.27. The first kappa shape index (κ1) is 10.1. The van der Waals surface area contributed by atoms with Crippen LogP contribution >= 0.6 is 11.8 Å². The average molecular weight is 191 g/mol. The number of hydrogen-bond donors (Lipinski definition) is 0. The lowest BCUT2D eigenvalue weighted by Gasteiger charge is -2.03. The summed E-state index contributed by atoms with van der Waals surface area (Å²) in [6, 6.07) is 10.6. The van der Waals surface area contributed by atoms with Gasteiger partial charge in [0.25, 0.3) is 0 Å². The van der Waals surface area contributed by atoms with Gasteiger partial charge in [0.05, 0.1) is 6.07 Å². The highest BCUT2D eigenvalue weighted by Crippen LogP contribution is 2.16. The zero-order chi connectivity index (χ0) is 9.68. The van der Waals surface area contributed by atoms with E-state index in [1.54, 1.807) is 11.8 Å². The van der Waals surface area contributed by atoms with Gasteiger partial charge in [0, 0.05) is 10.8 Å². The Labute approximate surface area is 83.8 Å². The van der Waals surface area contributed by atoms with E-state index in [1.807, 2.05) is 6.92 Å². The topological polar surface area (TPSA) is 23.8 Å². The van der Waals surface area contributed by atoms with E-state index < -0.39 is 0 Å². The second-order valence-corrected chi connectivity index (χ2v) is 3.96. The van der Waals surface area contributed by atoms with Gasteiger partial charge in [0.1, 0.15) is 0 Å². The fourth-order valence-electron chi connectivity index (χ4n) is 1.16. The third-order valence-corrected chi connectivity index (χ3v) is 2.66. The molecule has 13 heavy (non-hydrogen) atoms. The van der Waals surface area contributed by atoms with E-state index in [0.29, 0.717) is 0 Å². The fraction of sp³-hybridized carbons (Fsp3) is 0.364. The number of benzene rings is 1. The Morgan fingerprint density at radius 3 is 2.46 bits per heavy atom. The second-order valence-electron chi connectivity index (χ2n) is 3.08. The molecule has 0 aromatic heterocycles. The van der Waals surface area contributed by atoms with E-state index in [1.165, 1.54) is 10.5 Å². The van der Waals surface area contributed by atoms with Crippen LogP contribution in [-0.2, 0) is 6.42 Å². The normalized spacial score (nSPS) is 12.1. The maximum absolute atomic E-state index is 8.64. The third kappa shape index (κ3) is 3.12. The van der Waals surface area contributed by atoms with Crippen LogP contribution in [-0.4, -0.2) is 6.26 Å². The second kappa shape index (κ2) is 4.94. The maximum Gasteiger partial charge on any atom is 0.0656 e. The molecule has 0 aliphatic carbocycles. The summed E-state index contributed by atoms with van der Waals surface area (Å²) in [5, 5.41) is 8.64. The summed E-state index contributed by atoms with van der Waals surface area (Å²) in [6.07, 6.45) is 2.91. The number of nitriles is 1. The maximum atomic E-state index is 8.64. The van der Waals surface area contributed by atoms with Crippen molar-refractivity contribution in [3.8, 4) is 6.07 Å². The molecule has 0 spiro atoms. The molecule has 1 nitrogen and oxygen atoms in total. The van der Waals surface area contributed by atoms with E-state index in [0.717, 1.165) is 6.42 Å². The predicted octanol–water partition coefficient (Wildman–Crippen LogP) is 3.11. The van der Waals surface area contributed by atoms with Crippen LogP contribution < -0.4 is 0 Å². The standard InChI is InChI=1S/C11H13NS/c1-9(8-12)7-10-3-5-11(13-2)6-4-10/h3-6,9H,7H2,1-2H3/t9-/m0/s1. The monoisotopic (exact) mass is 191 g/mol. The van der Waals surface area contributed by atoms with Crippen molar-refractivity contribution >= 4 is 11.8 Å². The largest absolute Gasteiger partial charge is 0.198 e. The third-order valence-electron chi connectivity index (χ3n) is 1.92. The van der Waals surface area contributed by atoms with E-state index in [-0.39, 0.29) is 5.92 Å². The van der Waals surface area contributed by atoms with Gasteiger partial charge in [0.2, 0.25) is 0 Å². The first-order valence-corrected chi connectivity index (χ1v) is 5.51. The highest BCUT2D eigenvalue weighted by atomic mass is 32.2. The molecule has 1 rings (SSSR count). The zero-order valence-corrected chi connectivity index (χ0v) is 8.77. The van der Waals surface area contributed by atoms with Gasteiger partial charge in [0.15, 0.2) is 0 Å². The van der Waals surface area contributed by atoms with Crippen molar-refractivity contribution in [2.75, 3.05) is 6.26 Å². The number of nitrogens with zero attached hydrogens (tertiary/aromatic N) is 1. The van der Waals surface area contributed by atoms with Gasteiger partial charge in [-0.25, -0.2) is 0 Å². The summed E-state index contributed by atoms with van der Waals surface area (Å²) in [6.45, 7) is 1.95. The minimum absolute atomic E-state index is 0.111. The van der Waals surface area contributed by atoms with E-state index in [9.17, 15) is 0 Å². The Hall–Kier alpha value is -0.940. The van der Waals surface area contributed by atoms with Crippen LogP contribution in [0.25, 0.3) is 0 Å². The van der Waals surface area contributed by atoms with Crippen LogP contribution in [0.5, 0.6) is 0 Å². The van der Waals surface area contributed by atoms with Gasteiger partial charge in [-0.05, 0) is 37.3 Å². The number of hydrogen-bond acceptors (Lipinski definition) is 2. The highest BCUT2D eigenvalue weighted by Gasteiger charge is 2.00. The molecule has 2 heteroatoms. The lowest BCUT2D eigenvalue weighted by Crippen LogP contribution is -1.95. The lowest BCUT2D eigenvalue weighted by molar-refractivity contribution is 0.738. The molecule has 0 amide bonds. The van der Waals surface area contributed by atoms with Gasteiger partial charge in [-0.3, -0.25) is 0 Å². The van der Waals surface area contributed by atoms with Crippen LogP contribution in [0, 0.1) is 17.2 Å². The van der Waals surface area contributed by atoms with Gasteiger partial charge < -0.3 is 0 Å². The molecule has 0 unspecified atom stereocenters. The van der Waals surface area contributed by atoms with Gasteiger partial charge in [-0.1, -0.05) is 12.1 Å². The van der Waals surface area contributed by atoms with Crippen molar-refractivity contribution in [3.05, 3.63) is 29.8 Å². The molecule has 0 heterocycles. The predicted molar refractivity (Wildman–Crippen MR) is 56.7 cm³/mol. The van der Waals surface area contributed by atoms with Crippen LogP contribution in [0.2, 0.25) is 0 Å². The first-order chi connectivity index (χ1) is 6.26. The van der Waals surface area contributed by atoms with Crippen LogP contribution in [0.15, 0.2) is 29.2 Å². The Balaban J connectivity index is 2.65. The molecule has 68 valence electrons. The van der Waals surface area contributed by atoms with E-state index >= 15 is 0 Å². The van der Waals surface area contributed by atoms with Crippen molar-refractivity contribution in [2.24, 2.45) is 5.92 Å². The summed E-state index contributed by atoms with van der Waals surface area (Å²) >= 11 is 1.74. The van der Waals surface area contributed by atoms with Gasteiger partial charge >= 0.3 is 0 Å². The molecular formula is C11H13NS. The molecule has 0 saturated carbocycles. The average Bonchev–Trinajstić information content (AvgIpc) is 2.19. The summed E-state index contributed by atoms with van der Waals surface area (Å²) < 4.78 is 0. The highest BCUT2D eigenvalue weighted by molar-refractivity contribution is 7.98. The molecule has 0 aliphatic heterocycles. The molecule has 0 radical (unpaired) electrons. The Bertz CT molecular complexity index is 297. The van der Waals surface area contributed by atoms with Crippen LogP contribution in [0.1, 0.15) is 12.5 Å². The molecule has 1 atom stereocenters. The number of thioether (sulfide) groups is 1. The first-order valence-electron chi connectivity index (χ1n) is 4.29. The minimum Gasteiger partial charge on any atom is -0.198 e. The Morgan fingerprint density at radius 1 is 1.38 bits per heavy atom. The summed E-state index contributed by atoms with van der Waals surface area (Å²) in [5.41, 5.74) is 1.24. The van der Waals surface area contributed by atoms with Crippen LogP contribution in [0.4, 0.5) is 0 Å². The molecule has 0 fully saturated rings. The van der Waals surface area contributed by atoms with Crippen molar-refractivity contribution in [3.63, 3.8) is 0 Å². The number of rotatable bonds is 3. The molecular weight excluding hydrogens is 178 g/mol. The molecule has 0 saturated heterocycles. The fourth-order valence-corrected chi connectivity index (χ4v) is 1.57. The van der Waals surface area contributed by atoms with Crippen molar-refractivity contribution in [1.29, 1.82) is 5.26 Å². The molecule has 0 bridgehead atoms. The van der Waals surface area contributed by atoms with E-state index in [4.69, 9.17) is 5.26 Å². The van der Waals surface area contributed by atoms with Crippen LogP contribution in [0.3, 0.4) is 0 Å². The zero-order valence-electron chi connectivity index (χ0n) is 7.95. The molecule has 0 N–H and O–H groups in total. The summed E-state index contributed by atoms with van der Waals surface area (Å²) in [5.74, 6) is 0.111. The smallest absolute Gasteiger partial charge is 0.0656 e. The Morgan fingerprint density at radius 2 is 2.00 bits per heavy atom. The summed E-state index contributed by atoms with van der Waals surface area (Å²) in [7, 11) is 0. The SMILES string of the molecule is CSc1ccc(C[C@H](C)C#N)cc1. The lowest BCUT2D eigenvalue weighted by atomic mass is 10.0. The molecule has 1 aromatic rings. The van der Waals surface area contributed by atoms with Crippen molar-refractivity contribution in [1.82, 2.24) is 0 Å². The van der Waals surface area contributed by atoms with Gasteiger partial charge in [-0.2, -0.15) is 5.26 Å². The Kier molecular flexibility index (Phi) is 3.85. The molecule has 1 aromatic carbocycles. The van der Waals surface area contributed by atoms with Crippen molar-refractivity contribution in [2.45, 2.75) is 18.2 Å². The molecule has 0 aliphatic rings. The minimum atomic E-state index is 0.111.